The molecule has 0 spiro atoms. The highest BCUT2D eigenvalue weighted by Gasteiger charge is 2.18. The predicted molar refractivity (Wildman–Crippen MR) is 82.5 cm³/mol. The Balaban J connectivity index is 2.54. The number of aromatic nitrogens is 2. The Labute approximate surface area is 132 Å². The third-order valence-electron chi connectivity index (χ3n) is 2.81. The number of benzene rings is 1. The molecule has 0 aliphatic rings. The van der Waals surface area contributed by atoms with Gasteiger partial charge in [0.15, 0.2) is 6.29 Å². The normalized spacial score (nSPS) is 11.1. The van der Waals surface area contributed by atoms with Crippen LogP contribution in [-0.4, -0.2) is 16.1 Å². The molecule has 0 N–H and O–H groups in total. The smallest absolute Gasteiger partial charge is 0.155 e. The van der Waals surface area contributed by atoms with Gasteiger partial charge in [-0.05, 0) is 30.5 Å². The van der Waals surface area contributed by atoms with Crippen molar-refractivity contribution >= 4 is 41.1 Å². The molecule has 106 valence electrons. The Morgan fingerprint density at radius 2 is 1.95 bits per heavy atom. The molecule has 0 radical (unpaired) electrons. The summed E-state index contributed by atoms with van der Waals surface area (Å²) in [4.78, 5) is 11.2. The lowest BCUT2D eigenvalue weighted by atomic mass is 10.1. The summed E-state index contributed by atoms with van der Waals surface area (Å²) in [6, 6.07) is 5.08. The van der Waals surface area contributed by atoms with Crippen molar-refractivity contribution in [2.45, 2.75) is 20.3 Å². The molecule has 1 heterocycles. The zero-order valence-electron chi connectivity index (χ0n) is 11.0. The van der Waals surface area contributed by atoms with Crippen LogP contribution < -0.4 is 0 Å². The van der Waals surface area contributed by atoms with Crippen molar-refractivity contribution in [3.8, 4) is 5.69 Å². The molecule has 3 nitrogen and oxygen atoms in total. The van der Waals surface area contributed by atoms with E-state index in [0.717, 1.165) is 6.29 Å². The highest BCUT2D eigenvalue weighted by Crippen LogP contribution is 2.28. The van der Waals surface area contributed by atoms with Gasteiger partial charge in [-0.2, -0.15) is 5.10 Å². The molecule has 0 amide bonds. The van der Waals surface area contributed by atoms with Crippen molar-refractivity contribution in [1.82, 2.24) is 9.78 Å². The summed E-state index contributed by atoms with van der Waals surface area (Å²) < 4.78 is 1.51. The number of aldehydes is 1. The van der Waals surface area contributed by atoms with Gasteiger partial charge in [0, 0.05) is 0 Å². The fourth-order valence-corrected chi connectivity index (χ4v) is 2.47. The molecule has 0 bridgehead atoms. The molecule has 2 rings (SSSR count). The van der Waals surface area contributed by atoms with Crippen molar-refractivity contribution in [2.75, 3.05) is 0 Å². The van der Waals surface area contributed by atoms with Crippen molar-refractivity contribution in [1.29, 1.82) is 0 Å². The van der Waals surface area contributed by atoms with E-state index in [9.17, 15) is 4.79 Å². The Kier molecular flexibility index (Phi) is 4.74. The van der Waals surface area contributed by atoms with Gasteiger partial charge < -0.3 is 0 Å². The van der Waals surface area contributed by atoms with Gasteiger partial charge >= 0.3 is 0 Å². The van der Waals surface area contributed by atoms with E-state index in [1.54, 1.807) is 18.2 Å². The van der Waals surface area contributed by atoms with Crippen LogP contribution in [0.15, 0.2) is 18.2 Å². The molecule has 20 heavy (non-hydrogen) atoms. The standard InChI is InChI=1S/C14H13Cl3N2O/c1-8(2)5-13-10(7-20)14(17)19(18-13)9-3-4-11(15)12(16)6-9/h3-4,6-8H,5H2,1-2H3. The minimum Gasteiger partial charge on any atom is -0.298 e. The highest BCUT2D eigenvalue weighted by atomic mass is 35.5. The Morgan fingerprint density at radius 3 is 2.50 bits per heavy atom. The zero-order valence-corrected chi connectivity index (χ0v) is 13.3. The quantitative estimate of drug-likeness (QED) is 0.751. The molecular weight excluding hydrogens is 319 g/mol. The largest absolute Gasteiger partial charge is 0.298 e. The fourth-order valence-electron chi connectivity index (χ4n) is 1.89. The van der Waals surface area contributed by atoms with Crippen LogP contribution in [0, 0.1) is 5.92 Å². The first-order valence-corrected chi connectivity index (χ1v) is 7.25. The fraction of sp³-hybridized carbons (Fsp3) is 0.286. The van der Waals surface area contributed by atoms with E-state index in [0.29, 0.717) is 39.3 Å². The lowest BCUT2D eigenvalue weighted by Gasteiger charge is -2.04. The van der Waals surface area contributed by atoms with Crippen LogP contribution in [0.25, 0.3) is 5.69 Å². The van der Waals surface area contributed by atoms with E-state index < -0.39 is 0 Å². The molecule has 1 aromatic heterocycles. The maximum Gasteiger partial charge on any atom is 0.155 e. The second-order valence-electron chi connectivity index (χ2n) is 4.88. The van der Waals surface area contributed by atoms with Crippen LogP contribution in [0.1, 0.15) is 29.9 Å². The SMILES string of the molecule is CC(C)Cc1nn(-c2ccc(Cl)c(Cl)c2)c(Cl)c1C=O. The van der Waals surface area contributed by atoms with E-state index in [2.05, 4.69) is 18.9 Å². The number of nitrogens with zero attached hydrogens (tertiary/aromatic N) is 2. The Bertz CT molecular complexity index is 650. The van der Waals surface area contributed by atoms with Gasteiger partial charge in [0.05, 0.1) is 27.0 Å². The monoisotopic (exact) mass is 330 g/mol. The lowest BCUT2D eigenvalue weighted by molar-refractivity contribution is 0.112. The Hall–Kier alpha value is -1.03. The van der Waals surface area contributed by atoms with Gasteiger partial charge in [-0.15, -0.1) is 0 Å². The van der Waals surface area contributed by atoms with E-state index in [1.807, 2.05) is 0 Å². The molecular formula is C14H13Cl3N2O. The van der Waals surface area contributed by atoms with Crippen LogP contribution in [-0.2, 0) is 6.42 Å². The zero-order chi connectivity index (χ0) is 14.9. The maximum absolute atomic E-state index is 11.2. The molecule has 0 aliphatic heterocycles. The van der Waals surface area contributed by atoms with Crippen molar-refractivity contribution in [2.24, 2.45) is 5.92 Å². The van der Waals surface area contributed by atoms with Crippen LogP contribution in [0.4, 0.5) is 0 Å². The summed E-state index contributed by atoms with van der Waals surface area (Å²) in [6.45, 7) is 4.11. The number of hydrogen-bond donors (Lipinski definition) is 0. The first kappa shape index (κ1) is 15.4. The van der Waals surface area contributed by atoms with Gasteiger partial charge in [0.2, 0.25) is 0 Å². The number of rotatable bonds is 4. The third kappa shape index (κ3) is 3.00. The highest BCUT2D eigenvalue weighted by molar-refractivity contribution is 6.42. The predicted octanol–water partition coefficient (Wildman–Crippen LogP) is 4.84. The van der Waals surface area contributed by atoms with E-state index in [4.69, 9.17) is 34.8 Å². The van der Waals surface area contributed by atoms with Crippen LogP contribution >= 0.6 is 34.8 Å². The molecule has 0 aliphatic carbocycles. The summed E-state index contributed by atoms with van der Waals surface area (Å²) in [6.07, 6.45) is 1.42. The van der Waals surface area contributed by atoms with Crippen molar-refractivity contribution in [3.05, 3.63) is 44.7 Å². The van der Waals surface area contributed by atoms with E-state index in [1.165, 1.54) is 4.68 Å². The van der Waals surface area contributed by atoms with Gasteiger partial charge in [-0.3, -0.25) is 4.79 Å². The average Bonchev–Trinajstić information content (AvgIpc) is 2.68. The molecule has 0 saturated heterocycles. The number of halogens is 3. The first-order valence-electron chi connectivity index (χ1n) is 6.12. The summed E-state index contributed by atoms with van der Waals surface area (Å²) in [5.41, 5.74) is 1.78. The van der Waals surface area contributed by atoms with Gasteiger partial charge in [0.25, 0.3) is 0 Å². The Morgan fingerprint density at radius 1 is 1.25 bits per heavy atom. The van der Waals surface area contributed by atoms with Crippen molar-refractivity contribution in [3.63, 3.8) is 0 Å². The summed E-state index contributed by atoms with van der Waals surface area (Å²) >= 11 is 18.1. The summed E-state index contributed by atoms with van der Waals surface area (Å²) in [5, 5.41) is 5.57. The average molecular weight is 332 g/mol. The first-order chi connectivity index (χ1) is 9.43. The molecule has 1 aromatic carbocycles. The number of hydrogen-bond acceptors (Lipinski definition) is 2. The topological polar surface area (TPSA) is 34.9 Å². The van der Waals surface area contributed by atoms with E-state index >= 15 is 0 Å². The molecule has 2 aromatic rings. The van der Waals surface area contributed by atoms with Gasteiger partial charge in [0.1, 0.15) is 5.15 Å². The maximum atomic E-state index is 11.2. The molecule has 6 heteroatoms. The summed E-state index contributed by atoms with van der Waals surface area (Å²) in [7, 11) is 0. The molecule has 0 fully saturated rings. The minimum absolute atomic E-state index is 0.286. The number of carbonyl (C=O) groups is 1. The van der Waals surface area contributed by atoms with E-state index in [-0.39, 0.29) is 5.15 Å². The molecule has 0 saturated carbocycles. The minimum atomic E-state index is 0.286. The van der Waals surface area contributed by atoms with Crippen LogP contribution in [0.5, 0.6) is 0 Å². The number of carbonyl (C=O) groups excluding carboxylic acids is 1. The molecule has 0 unspecified atom stereocenters. The van der Waals surface area contributed by atoms with Crippen molar-refractivity contribution < 1.29 is 4.79 Å². The van der Waals surface area contributed by atoms with Gasteiger partial charge in [-0.25, -0.2) is 4.68 Å². The third-order valence-corrected chi connectivity index (χ3v) is 3.91. The van der Waals surface area contributed by atoms with Gasteiger partial charge in [-0.1, -0.05) is 48.7 Å². The second-order valence-corrected chi connectivity index (χ2v) is 6.05. The lowest BCUT2D eigenvalue weighted by Crippen LogP contribution is -2.00. The van der Waals surface area contributed by atoms with Crippen LogP contribution in [0.2, 0.25) is 15.2 Å². The van der Waals surface area contributed by atoms with Crippen LogP contribution in [0.3, 0.4) is 0 Å². The summed E-state index contributed by atoms with van der Waals surface area (Å²) in [5.74, 6) is 0.377. The second kappa shape index (κ2) is 6.17. The molecule has 0 atom stereocenters.